The average molecular weight is 150 g/mol. The zero-order valence-electron chi connectivity index (χ0n) is 6.36. The van der Waals surface area contributed by atoms with E-state index in [1.807, 2.05) is 6.92 Å². The van der Waals surface area contributed by atoms with Gasteiger partial charge in [0.2, 0.25) is 0 Å². The van der Waals surface area contributed by atoms with Crippen LogP contribution in [0.1, 0.15) is 11.3 Å². The van der Waals surface area contributed by atoms with Gasteiger partial charge in [-0.25, -0.2) is 9.97 Å². The second-order valence-electron chi connectivity index (χ2n) is 2.15. The van der Waals surface area contributed by atoms with Gasteiger partial charge >= 0.3 is 0 Å². The molecule has 0 spiro atoms. The molecule has 1 aromatic rings. The van der Waals surface area contributed by atoms with Crippen molar-refractivity contribution in [2.24, 2.45) is 0 Å². The first-order valence-electron chi connectivity index (χ1n) is 3.38. The second-order valence-corrected chi connectivity index (χ2v) is 2.15. The summed E-state index contributed by atoms with van der Waals surface area (Å²) in [4.78, 5) is 7.84. The zero-order valence-corrected chi connectivity index (χ0v) is 6.36. The summed E-state index contributed by atoms with van der Waals surface area (Å²) in [5.41, 5.74) is 1.87. The largest absolute Gasteiger partial charge is 0.392 e. The molecule has 3 nitrogen and oxygen atoms in total. The van der Waals surface area contributed by atoms with Crippen LogP contribution in [0.3, 0.4) is 0 Å². The zero-order chi connectivity index (χ0) is 8.10. The lowest BCUT2D eigenvalue weighted by Gasteiger charge is -1.94. The van der Waals surface area contributed by atoms with Gasteiger partial charge in [-0.3, -0.25) is 0 Å². The number of aryl methyl sites for hydroxylation is 1. The van der Waals surface area contributed by atoms with Crippen LogP contribution in [0.2, 0.25) is 0 Å². The molecule has 0 bridgehead atoms. The second kappa shape index (κ2) is 3.83. The summed E-state index contributed by atoms with van der Waals surface area (Å²) in [7, 11) is 0. The molecule has 0 amide bonds. The van der Waals surface area contributed by atoms with Gasteiger partial charge in [0.1, 0.15) is 6.33 Å². The first-order valence-corrected chi connectivity index (χ1v) is 3.38. The van der Waals surface area contributed by atoms with E-state index < -0.39 is 0 Å². The maximum atomic E-state index is 8.49. The van der Waals surface area contributed by atoms with Gasteiger partial charge in [0.15, 0.2) is 0 Å². The van der Waals surface area contributed by atoms with E-state index in [1.54, 1.807) is 18.3 Å². The molecule has 1 aromatic heterocycles. The van der Waals surface area contributed by atoms with E-state index in [-0.39, 0.29) is 6.61 Å². The molecule has 0 unspecified atom stereocenters. The topological polar surface area (TPSA) is 46.0 Å². The maximum Gasteiger partial charge on any atom is 0.115 e. The Labute approximate surface area is 65.4 Å². The van der Waals surface area contributed by atoms with Crippen molar-refractivity contribution in [3.8, 4) is 0 Å². The lowest BCUT2D eigenvalue weighted by Crippen LogP contribution is -1.87. The summed E-state index contributed by atoms with van der Waals surface area (Å²) >= 11 is 0. The van der Waals surface area contributed by atoms with Crippen molar-refractivity contribution < 1.29 is 5.11 Å². The fourth-order valence-electron chi connectivity index (χ4n) is 0.745. The molecule has 58 valence electrons. The molecule has 0 aliphatic carbocycles. The van der Waals surface area contributed by atoms with Crippen LogP contribution in [0.4, 0.5) is 0 Å². The Hall–Kier alpha value is -1.22. The first-order chi connectivity index (χ1) is 5.34. The predicted octanol–water partition coefficient (Wildman–Crippen LogP) is 0.791. The van der Waals surface area contributed by atoms with Crippen molar-refractivity contribution >= 4 is 6.08 Å². The lowest BCUT2D eigenvalue weighted by atomic mass is 10.2. The van der Waals surface area contributed by atoms with Crippen molar-refractivity contribution in [2.75, 3.05) is 6.61 Å². The standard InChI is InChI=1S/C8H10N2O/c1-7-8(3-2-4-11)5-9-6-10-7/h2-3,5-6,11H,4H2,1H3/b3-2+. The van der Waals surface area contributed by atoms with Crippen LogP contribution in [0.5, 0.6) is 0 Å². The maximum absolute atomic E-state index is 8.49. The van der Waals surface area contributed by atoms with E-state index in [0.29, 0.717) is 0 Å². The van der Waals surface area contributed by atoms with Gasteiger partial charge in [0.25, 0.3) is 0 Å². The molecular formula is C8H10N2O. The quantitative estimate of drug-likeness (QED) is 0.678. The summed E-state index contributed by atoms with van der Waals surface area (Å²) in [5, 5.41) is 8.49. The van der Waals surface area contributed by atoms with Gasteiger partial charge in [-0.15, -0.1) is 0 Å². The van der Waals surface area contributed by atoms with Crippen molar-refractivity contribution in [3.63, 3.8) is 0 Å². The number of aromatic nitrogens is 2. The molecule has 3 heteroatoms. The first kappa shape index (κ1) is 7.88. The Kier molecular flexibility index (Phi) is 2.74. The van der Waals surface area contributed by atoms with Crippen LogP contribution < -0.4 is 0 Å². The number of hydrogen-bond acceptors (Lipinski definition) is 3. The number of hydrogen-bond donors (Lipinski definition) is 1. The SMILES string of the molecule is Cc1ncncc1/C=C/CO. The highest BCUT2D eigenvalue weighted by atomic mass is 16.2. The fourth-order valence-corrected chi connectivity index (χ4v) is 0.745. The molecule has 0 aliphatic rings. The Morgan fingerprint density at radius 3 is 3.09 bits per heavy atom. The van der Waals surface area contributed by atoms with Crippen LogP contribution in [0, 0.1) is 6.92 Å². The van der Waals surface area contributed by atoms with E-state index >= 15 is 0 Å². The summed E-state index contributed by atoms with van der Waals surface area (Å²) in [5.74, 6) is 0. The van der Waals surface area contributed by atoms with Gasteiger partial charge in [-0.2, -0.15) is 0 Å². The van der Waals surface area contributed by atoms with E-state index in [0.717, 1.165) is 11.3 Å². The van der Waals surface area contributed by atoms with Crippen molar-refractivity contribution in [1.82, 2.24) is 9.97 Å². The van der Waals surface area contributed by atoms with Crippen LogP contribution in [-0.4, -0.2) is 21.7 Å². The van der Waals surface area contributed by atoms with Gasteiger partial charge in [-0.05, 0) is 6.92 Å². The highest BCUT2D eigenvalue weighted by molar-refractivity contribution is 5.49. The van der Waals surface area contributed by atoms with E-state index in [1.165, 1.54) is 6.33 Å². The normalized spacial score (nSPS) is 10.7. The molecule has 0 fully saturated rings. The minimum absolute atomic E-state index is 0.0499. The molecule has 1 heterocycles. The lowest BCUT2D eigenvalue weighted by molar-refractivity contribution is 0.343. The van der Waals surface area contributed by atoms with Crippen molar-refractivity contribution in [1.29, 1.82) is 0 Å². The minimum Gasteiger partial charge on any atom is -0.392 e. The van der Waals surface area contributed by atoms with E-state index in [2.05, 4.69) is 9.97 Å². The Morgan fingerprint density at radius 2 is 2.45 bits per heavy atom. The summed E-state index contributed by atoms with van der Waals surface area (Å²) in [6.07, 6.45) is 6.68. The number of aliphatic hydroxyl groups excluding tert-OH is 1. The van der Waals surface area contributed by atoms with Crippen LogP contribution >= 0.6 is 0 Å². The molecule has 0 aliphatic heterocycles. The van der Waals surface area contributed by atoms with Crippen molar-refractivity contribution in [2.45, 2.75) is 6.92 Å². The average Bonchev–Trinajstić information content (AvgIpc) is 2.03. The summed E-state index contributed by atoms with van der Waals surface area (Å²) < 4.78 is 0. The Bertz CT molecular complexity index is 258. The smallest absolute Gasteiger partial charge is 0.115 e. The van der Waals surface area contributed by atoms with Gasteiger partial charge in [0, 0.05) is 17.5 Å². The third kappa shape index (κ3) is 2.13. The Balaban J connectivity index is 2.86. The molecule has 0 aromatic carbocycles. The highest BCUT2D eigenvalue weighted by Crippen LogP contribution is 2.02. The van der Waals surface area contributed by atoms with Gasteiger partial charge in [0.05, 0.1) is 6.61 Å². The predicted molar refractivity (Wildman–Crippen MR) is 42.9 cm³/mol. The van der Waals surface area contributed by atoms with Gasteiger partial charge in [-0.1, -0.05) is 12.2 Å². The molecule has 0 saturated carbocycles. The van der Waals surface area contributed by atoms with Gasteiger partial charge < -0.3 is 5.11 Å². The minimum atomic E-state index is 0.0499. The highest BCUT2D eigenvalue weighted by Gasteiger charge is 1.91. The molecule has 0 saturated heterocycles. The molecule has 1 rings (SSSR count). The van der Waals surface area contributed by atoms with Crippen LogP contribution in [0.25, 0.3) is 6.08 Å². The number of nitrogens with zero attached hydrogens (tertiary/aromatic N) is 2. The fraction of sp³-hybridized carbons (Fsp3) is 0.250. The molecule has 0 radical (unpaired) electrons. The third-order valence-corrected chi connectivity index (χ3v) is 1.35. The summed E-state index contributed by atoms with van der Waals surface area (Å²) in [6, 6.07) is 0. The third-order valence-electron chi connectivity index (χ3n) is 1.35. The monoisotopic (exact) mass is 150 g/mol. The van der Waals surface area contributed by atoms with Crippen molar-refractivity contribution in [3.05, 3.63) is 29.9 Å². The molecular weight excluding hydrogens is 140 g/mol. The molecule has 0 atom stereocenters. The Morgan fingerprint density at radius 1 is 1.64 bits per heavy atom. The summed E-state index contributed by atoms with van der Waals surface area (Å²) in [6.45, 7) is 1.95. The molecule has 11 heavy (non-hydrogen) atoms. The van der Waals surface area contributed by atoms with Crippen LogP contribution in [0.15, 0.2) is 18.6 Å². The van der Waals surface area contributed by atoms with E-state index in [9.17, 15) is 0 Å². The number of aliphatic hydroxyl groups is 1. The molecule has 1 N–H and O–H groups in total. The number of rotatable bonds is 2. The van der Waals surface area contributed by atoms with E-state index in [4.69, 9.17) is 5.11 Å². The van der Waals surface area contributed by atoms with Crippen LogP contribution in [-0.2, 0) is 0 Å².